The van der Waals surface area contributed by atoms with Gasteiger partial charge in [0.1, 0.15) is 0 Å². The first-order valence-corrected chi connectivity index (χ1v) is 11.2. The van der Waals surface area contributed by atoms with Crippen LogP contribution in [0.15, 0.2) is 12.2 Å². The minimum Gasteiger partial charge on any atom is -0.396 e. The van der Waals surface area contributed by atoms with Gasteiger partial charge in [0.2, 0.25) is 5.91 Å². The normalized spacial score (nSPS) is 14.0. The highest BCUT2D eigenvalue weighted by atomic mass is 16.3. The first-order valence-electron chi connectivity index (χ1n) is 11.2. The van der Waals surface area contributed by atoms with E-state index >= 15 is 0 Å². The molecule has 0 rings (SSSR count). The first-order chi connectivity index (χ1) is 12.7. The molecule has 3 heteroatoms. The molecule has 0 aliphatic heterocycles. The Bertz CT molecular complexity index is 341. The van der Waals surface area contributed by atoms with Gasteiger partial charge in [-0.1, -0.05) is 83.8 Å². The summed E-state index contributed by atoms with van der Waals surface area (Å²) in [6.45, 7) is 4.41. The number of primary amides is 1. The van der Waals surface area contributed by atoms with E-state index in [-0.39, 0.29) is 24.3 Å². The number of carbonyl (C=O) groups excluding carboxylic acids is 1. The summed E-state index contributed by atoms with van der Waals surface area (Å²) < 4.78 is 0. The summed E-state index contributed by atoms with van der Waals surface area (Å²) in [6.07, 6.45) is 22.6. The van der Waals surface area contributed by atoms with Crippen molar-refractivity contribution in [1.82, 2.24) is 0 Å². The van der Waals surface area contributed by atoms with Gasteiger partial charge in [-0.3, -0.25) is 4.79 Å². The molecular formula is C23H45NO2. The maximum atomic E-state index is 11.6. The molecule has 2 atom stereocenters. The third kappa shape index (κ3) is 14.4. The van der Waals surface area contributed by atoms with Crippen LogP contribution in [0.4, 0.5) is 0 Å². The second-order valence-electron chi connectivity index (χ2n) is 7.76. The fraction of sp³-hybridized carbons (Fsp3) is 0.870. The van der Waals surface area contributed by atoms with E-state index in [1.807, 2.05) is 0 Å². The molecule has 0 aromatic heterocycles. The van der Waals surface area contributed by atoms with Crippen LogP contribution >= 0.6 is 0 Å². The van der Waals surface area contributed by atoms with Crippen LogP contribution in [0.2, 0.25) is 0 Å². The molecule has 0 aromatic rings. The lowest BCUT2D eigenvalue weighted by atomic mass is 9.84. The number of rotatable bonds is 19. The molecule has 0 fully saturated rings. The van der Waals surface area contributed by atoms with E-state index in [2.05, 4.69) is 26.0 Å². The van der Waals surface area contributed by atoms with Crippen LogP contribution in [-0.4, -0.2) is 17.6 Å². The molecule has 154 valence electrons. The molecule has 0 aromatic carbocycles. The highest BCUT2D eigenvalue weighted by Crippen LogP contribution is 2.23. The molecule has 2 unspecified atom stereocenters. The van der Waals surface area contributed by atoms with Crippen molar-refractivity contribution in [3.63, 3.8) is 0 Å². The Morgan fingerprint density at radius 1 is 0.808 bits per heavy atom. The van der Waals surface area contributed by atoms with E-state index in [1.54, 1.807) is 0 Å². The lowest BCUT2D eigenvalue weighted by molar-refractivity contribution is -0.124. The van der Waals surface area contributed by atoms with Gasteiger partial charge in [0.25, 0.3) is 0 Å². The topological polar surface area (TPSA) is 63.3 Å². The van der Waals surface area contributed by atoms with Crippen molar-refractivity contribution in [2.24, 2.45) is 17.6 Å². The monoisotopic (exact) mass is 367 g/mol. The Hall–Kier alpha value is -0.830. The van der Waals surface area contributed by atoms with Gasteiger partial charge in [0, 0.05) is 12.5 Å². The van der Waals surface area contributed by atoms with Crippen LogP contribution in [0.3, 0.4) is 0 Å². The fourth-order valence-electron chi connectivity index (χ4n) is 3.66. The predicted molar refractivity (Wildman–Crippen MR) is 113 cm³/mol. The molecule has 0 spiro atoms. The number of hydrogen-bond acceptors (Lipinski definition) is 2. The number of nitrogens with two attached hydrogens (primary N) is 1. The second kappa shape index (κ2) is 18.9. The Morgan fingerprint density at radius 3 is 1.85 bits per heavy atom. The van der Waals surface area contributed by atoms with E-state index < -0.39 is 0 Å². The summed E-state index contributed by atoms with van der Waals surface area (Å²) in [5.41, 5.74) is 5.54. The SMILES string of the molecule is CCCCCC=CCCCCCCCCCC(C(N)=O)C(CO)CCC. The zero-order valence-electron chi connectivity index (χ0n) is 17.6. The summed E-state index contributed by atoms with van der Waals surface area (Å²) >= 11 is 0. The minimum atomic E-state index is -0.236. The first kappa shape index (κ1) is 25.2. The zero-order chi connectivity index (χ0) is 19.5. The third-order valence-electron chi connectivity index (χ3n) is 5.36. The van der Waals surface area contributed by atoms with Crippen LogP contribution in [0.5, 0.6) is 0 Å². The summed E-state index contributed by atoms with van der Waals surface area (Å²) in [6, 6.07) is 0. The van der Waals surface area contributed by atoms with Crippen LogP contribution < -0.4 is 5.73 Å². The molecule has 0 saturated carbocycles. The molecular weight excluding hydrogens is 322 g/mol. The van der Waals surface area contributed by atoms with Crippen LogP contribution in [-0.2, 0) is 4.79 Å². The average molecular weight is 368 g/mol. The molecule has 1 amide bonds. The molecule has 3 nitrogen and oxygen atoms in total. The Morgan fingerprint density at radius 2 is 1.35 bits per heavy atom. The molecule has 0 saturated heterocycles. The van der Waals surface area contributed by atoms with Crippen molar-refractivity contribution in [2.75, 3.05) is 6.61 Å². The van der Waals surface area contributed by atoms with E-state index in [1.165, 1.54) is 70.6 Å². The number of aliphatic hydroxyl groups is 1. The van der Waals surface area contributed by atoms with Gasteiger partial charge in [-0.15, -0.1) is 0 Å². The summed E-state index contributed by atoms with van der Waals surface area (Å²) in [5.74, 6) is -0.336. The number of hydrogen-bond donors (Lipinski definition) is 2. The van der Waals surface area contributed by atoms with E-state index in [0.717, 1.165) is 25.7 Å². The van der Waals surface area contributed by atoms with Gasteiger partial charge in [0.05, 0.1) is 0 Å². The lowest BCUT2D eigenvalue weighted by Gasteiger charge is -2.22. The van der Waals surface area contributed by atoms with Gasteiger partial charge >= 0.3 is 0 Å². The van der Waals surface area contributed by atoms with Crippen LogP contribution in [0, 0.1) is 11.8 Å². The minimum absolute atomic E-state index is 0.0486. The lowest BCUT2D eigenvalue weighted by Crippen LogP contribution is -2.32. The highest BCUT2D eigenvalue weighted by Gasteiger charge is 2.24. The average Bonchev–Trinajstić information content (AvgIpc) is 2.63. The number of amides is 1. The van der Waals surface area contributed by atoms with Gasteiger partial charge in [-0.2, -0.15) is 0 Å². The summed E-state index contributed by atoms with van der Waals surface area (Å²) in [5, 5.41) is 9.48. The van der Waals surface area contributed by atoms with Crippen molar-refractivity contribution in [2.45, 2.75) is 110 Å². The molecule has 26 heavy (non-hydrogen) atoms. The van der Waals surface area contributed by atoms with Gasteiger partial charge in [-0.25, -0.2) is 0 Å². The van der Waals surface area contributed by atoms with E-state index in [4.69, 9.17) is 5.73 Å². The quantitative estimate of drug-likeness (QED) is 0.213. The highest BCUT2D eigenvalue weighted by molar-refractivity contribution is 5.76. The number of unbranched alkanes of at least 4 members (excludes halogenated alkanes) is 10. The smallest absolute Gasteiger partial charge is 0.220 e. The van der Waals surface area contributed by atoms with Gasteiger partial charge < -0.3 is 10.8 Å². The van der Waals surface area contributed by atoms with Crippen molar-refractivity contribution in [1.29, 1.82) is 0 Å². The van der Waals surface area contributed by atoms with Crippen molar-refractivity contribution >= 4 is 5.91 Å². The second-order valence-corrected chi connectivity index (χ2v) is 7.76. The molecule has 0 heterocycles. The maximum absolute atomic E-state index is 11.6. The molecule has 3 N–H and O–H groups in total. The van der Waals surface area contributed by atoms with E-state index in [9.17, 15) is 9.90 Å². The predicted octanol–water partition coefficient (Wildman–Crippen LogP) is 6.14. The number of allylic oxidation sites excluding steroid dienone is 2. The van der Waals surface area contributed by atoms with E-state index in [0.29, 0.717) is 0 Å². The Kier molecular flexibility index (Phi) is 18.3. The largest absolute Gasteiger partial charge is 0.396 e. The zero-order valence-corrected chi connectivity index (χ0v) is 17.6. The molecule has 0 aliphatic rings. The van der Waals surface area contributed by atoms with Gasteiger partial charge in [0.15, 0.2) is 0 Å². The van der Waals surface area contributed by atoms with Crippen molar-refractivity contribution in [3.05, 3.63) is 12.2 Å². The number of carbonyl (C=O) groups is 1. The Labute approximate surface area is 162 Å². The number of aliphatic hydroxyl groups excluding tert-OH is 1. The van der Waals surface area contributed by atoms with Crippen molar-refractivity contribution in [3.8, 4) is 0 Å². The maximum Gasteiger partial charge on any atom is 0.220 e. The van der Waals surface area contributed by atoms with Crippen LogP contribution in [0.1, 0.15) is 110 Å². The summed E-state index contributed by atoms with van der Waals surface area (Å²) in [7, 11) is 0. The van der Waals surface area contributed by atoms with Crippen molar-refractivity contribution < 1.29 is 9.90 Å². The molecule has 0 bridgehead atoms. The molecule has 0 radical (unpaired) electrons. The third-order valence-corrected chi connectivity index (χ3v) is 5.36. The fourth-order valence-corrected chi connectivity index (χ4v) is 3.66. The molecule has 0 aliphatic carbocycles. The van der Waals surface area contributed by atoms with Crippen LogP contribution in [0.25, 0.3) is 0 Å². The Balaban J connectivity index is 3.57. The summed E-state index contributed by atoms with van der Waals surface area (Å²) in [4.78, 5) is 11.6. The standard InChI is InChI=1S/C23H45NO2/c1-3-5-6-7-8-9-10-11-12-13-14-15-16-17-19-22(23(24)26)21(20-25)18-4-2/h8-9,21-22,25H,3-7,10-20H2,1-2H3,(H2,24,26). The van der Waals surface area contributed by atoms with Gasteiger partial charge in [-0.05, 0) is 44.4 Å².